The van der Waals surface area contributed by atoms with Gasteiger partial charge >= 0.3 is 0 Å². The summed E-state index contributed by atoms with van der Waals surface area (Å²) in [6.45, 7) is 2.95. The van der Waals surface area contributed by atoms with Gasteiger partial charge in [0.15, 0.2) is 9.84 Å². The summed E-state index contributed by atoms with van der Waals surface area (Å²) in [5, 5.41) is 8.12. The molecule has 0 aromatic carbocycles. The molecule has 1 N–H and O–H groups in total. The van der Waals surface area contributed by atoms with Crippen LogP contribution in [0, 0.1) is 0 Å². The third-order valence-corrected chi connectivity index (χ3v) is 3.10. The highest BCUT2D eigenvalue weighted by Gasteiger charge is 2.19. The highest BCUT2D eigenvalue weighted by Crippen LogP contribution is 2.02. The Morgan fingerprint density at radius 3 is 1.67 bits per heavy atom. The minimum absolute atomic E-state index is 0.655. The Hall–Kier alpha value is -0.0900. The summed E-state index contributed by atoms with van der Waals surface area (Å²) in [6, 6.07) is 0. The van der Waals surface area contributed by atoms with Gasteiger partial charge in [-0.3, -0.25) is 0 Å². The summed E-state index contributed by atoms with van der Waals surface area (Å²) in [7, 11) is -3.05. The first-order valence-corrected chi connectivity index (χ1v) is 4.68. The van der Waals surface area contributed by atoms with E-state index in [-0.39, 0.29) is 0 Å². The minimum Gasteiger partial charge on any atom is -0.392 e. The molecule has 0 radical (unpaired) electrons. The molecule has 0 saturated heterocycles. The SMILES string of the molecule is CC(O)C(C)S(C)(=O)=O. The molecule has 0 fully saturated rings. The second-order valence-corrected chi connectivity index (χ2v) is 4.68. The van der Waals surface area contributed by atoms with E-state index in [0.717, 1.165) is 6.26 Å². The van der Waals surface area contributed by atoms with E-state index in [1.165, 1.54) is 13.8 Å². The molecule has 0 aliphatic heterocycles. The quantitative estimate of drug-likeness (QED) is 0.596. The van der Waals surface area contributed by atoms with Gasteiger partial charge in [-0.2, -0.15) is 0 Å². The molecule has 0 saturated carbocycles. The van der Waals surface area contributed by atoms with Crippen molar-refractivity contribution >= 4 is 9.84 Å². The first-order chi connectivity index (χ1) is 3.85. The number of aliphatic hydroxyl groups excluding tert-OH is 1. The van der Waals surface area contributed by atoms with Gasteiger partial charge in [0, 0.05) is 6.26 Å². The number of rotatable bonds is 2. The maximum Gasteiger partial charge on any atom is 0.152 e. The molecule has 0 rings (SSSR count). The Kier molecular flexibility index (Phi) is 2.64. The van der Waals surface area contributed by atoms with Crippen LogP contribution in [0.1, 0.15) is 13.8 Å². The largest absolute Gasteiger partial charge is 0.392 e. The van der Waals surface area contributed by atoms with Crippen LogP contribution >= 0.6 is 0 Å². The van der Waals surface area contributed by atoms with Crippen LogP contribution in [-0.4, -0.2) is 31.1 Å². The fourth-order valence-corrected chi connectivity index (χ4v) is 1.07. The highest BCUT2D eigenvalue weighted by atomic mass is 32.2. The molecule has 2 unspecified atom stereocenters. The molecule has 3 nitrogen and oxygen atoms in total. The van der Waals surface area contributed by atoms with Crippen molar-refractivity contribution in [1.82, 2.24) is 0 Å². The molecule has 0 amide bonds. The minimum atomic E-state index is -3.05. The van der Waals surface area contributed by atoms with Crippen LogP contribution in [0.25, 0.3) is 0 Å². The predicted molar refractivity (Wildman–Crippen MR) is 36.0 cm³/mol. The van der Waals surface area contributed by atoms with E-state index < -0.39 is 21.2 Å². The number of hydrogen-bond donors (Lipinski definition) is 1. The fourth-order valence-electron chi connectivity index (χ4n) is 0.358. The lowest BCUT2D eigenvalue weighted by Crippen LogP contribution is -2.27. The van der Waals surface area contributed by atoms with Gasteiger partial charge in [0.2, 0.25) is 0 Å². The van der Waals surface area contributed by atoms with E-state index in [1.54, 1.807) is 0 Å². The molecule has 0 bridgehead atoms. The van der Waals surface area contributed by atoms with E-state index in [4.69, 9.17) is 5.11 Å². The molecule has 0 aromatic rings. The number of hydrogen-bond acceptors (Lipinski definition) is 3. The summed E-state index contributed by atoms with van der Waals surface area (Å²) in [5.41, 5.74) is 0. The van der Waals surface area contributed by atoms with Gasteiger partial charge in [0.25, 0.3) is 0 Å². The van der Waals surface area contributed by atoms with Crippen molar-refractivity contribution in [1.29, 1.82) is 0 Å². The first kappa shape index (κ1) is 8.91. The van der Waals surface area contributed by atoms with Crippen LogP contribution in [0.4, 0.5) is 0 Å². The smallest absolute Gasteiger partial charge is 0.152 e. The molecule has 56 valence electrons. The van der Waals surface area contributed by atoms with Crippen LogP contribution in [-0.2, 0) is 9.84 Å². The fraction of sp³-hybridized carbons (Fsp3) is 1.00. The summed E-state index contributed by atoms with van der Waals surface area (Å²) in [4.78, 5) is 0. The van der Waals surface area contributed by atoms with Crippen molar-refractivity contribution in [2.45, 2.75) is 25.2 Å². The number of aliphatic hydroxyl groups is 1. The molecule has 2 atom stereocenters. The molecular formula is C5H12O3S. The maximum absolute atomic E-state index is 10.6. The van der Waals surface area contributed by atoms with E-state index in [9.17, 15) is 8.42 Å². The second-order valence-electron chi connectivity index (χ2n) is 2.28. The summed E-state index contributed by atoms with van der Waals surface area (Å²) in [6.07, 6.45) is 0.338. The van der Waals surface area contributed by atoms with E-state index >= 15 is 0 Å². The molecule has 9 heavy (non-hydrogen) atoms. The van der Waals surface area contributed by atoms with E-state index in [0.29, 0.717) is 0 Å². The van der Waals surface area contributed by atoms with Crippen LogP contribution in [0.2, 0.25) is 0 Å². The monoisotopic (exact) mass is 152 g/mol. The Bertz CT molecular complexity index is 169. The van der Waals surface area contributed by atoms with Gasteiger partial charge in [-0.25, -0.2) is 8.42 Å². The topological polar surface area (TPSA) is 54.4 Å². The van der Waals surface area contributed by atoms with Gasteiger partial charge in [0.1, 0.15) is 0 Å². The van der Waals surface area contributed by atoms with Gasteiger partial charge in [-0.15, -0.1) is 0 Å². The lowest BCUT2D eigenvalue weighted by molar-refractivity contribution is 0.193. The van der Waals surface area contributed by atoms with Crippen molar-refractivity contribution < 1.29 is 13.5 Å². The standard InChI is InChI=1S/C5H12O3S/c1-4(6)5(2)9(3,7)8/h4-6H,1-3H3. The summed E-state index contributed by atoms with van der Waals surface area (Å²) in [5.74, 6) is 0. The average Bonchev–Trinajstić information content (AvgIpc) is 1.62. The molecule has 0 aromatic heterocycles. The molecule has 0 aliphatic carbocycles. The predicted octanol–water partition coefficient (Wildman–Crippen LogP) is -0.200. The zero-order chi connectivity index (χ0) is 7.65. The van der Waals surface area contributed by atoms with E-state index in [1.807, 2.05) is 0 Å². The molecule has 4 heteroatoms. The molecular weight excluding hydrogens is 140 g/mol. The maximum atomic E-state index is 10.6. The van der Waals surface area contributed by atoms with Crippen LogP contribution in [0.3, 0.4) is 0 Å². The Morgan fingerprint density at radius 2 is 1.67 bits per heavy atom. The lowest BCUT2D eigenvalue weighted by atomic mass is 10.3. The van der Waals surface area contributed by atoms with Gasteiger partial charge < -0.3 is 5.11 Å². The molecule has 0 heterocycles. The van der Waals surface area contributed by atoms with Crippen LogP contribution in [0.5, 0.6) is 0 Å². The van der Waals surface area contributed by atoms with Crippen molar-refractivity contribution in [3.63, 3.8) is 0 Å². The zero-order valence-electron chi connectivity index (χ0n) is 5.83. The van der Waals surface area contributed by atoms with Crippen molar-refractivity contribution in [3.05, 3.63) is 0 Å². The third kappa shape index (κ3) is 2.81. The third-order valence-electron chi connectivity index (χ3n) is 1.35. The van der Waals surface area contributed by atoms with Crippen molar-refractivity contribution in [2.75, 3.05) is 6.26 Å². The Balaban J connectivity index is 4.24. The van der Waals surface area contributed by atoms with Crippen molar-refractivity contribution in [2.24, 2.45) is 0 Å². The van der Waals surface area contributed by atoms with Gasteiger partial charge in [-0.05, 0) is 13.8 Å². The Labute approximate surface area is 55.6 Å². The highest BCUT2D eigenvalue weighted by molar-refractivity contribution is 7.91. The van der Waals surface area contributed by atoms with Crippen LogP contribution in [0.15, 0.2) is 0 Å². The Morgan fingerprint density at radius 1 is 1.33 bits per heavy atom. The van der Waals surface area contributed by atoms with E-state index in [2.05, 4.69) is 0 Å². The van der Waals surface area contributed by atoms with Crippen molar-refractivity contribution in [3.8, 4) is 0 Å². The molecule has 0 spiro atoms. The average molecular weight is 152 g/mol. The van der Waals surface area contributed by atoms with Crippen LogP contribution < -0.4 is 0 Å². The summed E-state index contributed by atoms with van der Waals surface area (Å²) < 4.78 is 21.2. The summed E-state index contributed by atoms with van der Waals surface area (Å²) >= 11 is 0. The van der Waals surface area contributed by atoms with Gasteiger partial charge in [-0.1, -0.05) is 0 Å². The normalized spacial score (nSPS) is 19.1. The lowest BCUT2D eigenvalue weighted by Gasteiger charge is -2.10. The molecule has 0 aliphatic rings. The first-order valence-electron chi connectivity index (χ1n) is 2.72. The zero-order valence-corrected chi connectivity index (χ0v) is 6.64. The second kappa shape index (κ2) is 2.66. The van der Waals surface area contributed by atoms with Gasteiger partial charge in [0.05, 0.1) is 11.4 Å². The number of sulfone groups is 1.